The molecule has 0 atom stereocenters. The highest BCUT2D eigenvalue weighted by Crippen LogP contribution is 2.21. The quantitative estimate of drug-likeness (QED) is 0.261. The van der Waals surface area contributed by atoms with Crippen molar-refractivity contribution < 1.29 is 19.8 Å². The highest BCUT2D eigenvalue weighted by atomic mass is 16.5. The average molecular weight is 297 g/mol. The molecular weight excluding hydrogens is 274 g/mol. The van der Waals surface area contributed by atoms with E-state index in [2.05, 4.69) is 5.16 Å². The fourth-order valence-corrected chi connectivity index (χ4v) is 1.99. The standard InChI is InChI=1S/C14H23N3O4/c1-20-8-6-17(5-7-18)10-12-9-11(14(15)16-19)3-4-13(12)21-2/h3-4,9,18-19H,5-8,10H2,1-2H3,(H2,15,16). The summed E-state index contributed by atoms with van der Waals surface area (Å²) in [6.07, 6.45) is 0. The van der Waals surface area contributed by atoms with Crippen molar-refractivity contribution in [1.29, 1.82) is 0 Å². The van der Waals surface area contributed by atoms with Crippen LogP contribution in [0.5, 0.6) is 5.75 Å². The van der Waals surface area contributed by atoms with E-state index in [9.17, 15) is 0 Å². The van der Waals surface area contributed by atoms with Crippen LogP contribution in [0.15, 0.2) is 23.4 Å². The Bertz CT molecular complexity index is 466. The predicted octanol–water partition coefficient (Wildman–Crippen LogP) is 0.230. The summed E-state index contributed by atoms with van der Waals surface area (Å²) in [6.45, 7) is 2.42. The van der Waals surface area contributed by atoms with Gasteiger partial charge in [-0.3, -0.25) is 4.90 Å². The number of hydrogen-bond donors (Lipinski definition) is 3. The molecule has 0 saturated heterocycles. The fourth-order valence-electron chi connectivity index (χ4n) is 1.99. The molecule has 118 valence electrons. The molecule has 0 aliphatic heterocycles. The summed E-state index contributed by atoms with van der Waals surface area (Å²) in [5.74, 6) is 0.759. The van der Waals surface area contributed by atoms with Gasteiger partial charge < -0.3 is 25.5 Å². The molecule has 4 N–H and O–H groups in total. The van der Waals surface area contributed by atoms with Gasteiger partial charge >= 0.3 is 0 Å². The lowest BCUT2D eigenvalue weighted by Gasteiger charge is -2.22. The third kappa shape index (κ3) is 5.22. The highest BCUT2D eigenvalue weighted by Gasteiger charge is 2.12. The topological polar surface area (TPSA) is 101 Å². The van der Waals surface area contributed by atoms with Crippen molar-refractivity contribution in [3.63, 3.8) is 0 Å². The van der Waals surface area contributed by atoms with Crippen LogP contribution in [0.1, 0.15) is 11.1 Å². The molecule has 7 heteroatoms. The van der Waals surface area contributed by atoms with Gasteiger partial charge in [-0.2, -0.15) is 0 Å². The molecule has 0 bridgehead atoms. The molecular formula is C14H23N3O4. The van der Waals surface area contributed by atoms with Crippen LogP contribution in [-0.2, 0) is 11.3 Å². The second-order valence-electron chi connectivity index (χ2n) is 4.50. The van der Waals surface area contributed by atoms with Crippen molar-refractivity contribution in [2.75, 3.05) is 40.5 Å². The van der Waals surface area contributed by atoms with Crippen molar-refractivity contribution in [3.8, 4) is 5.75 Å². The molecule has 0 amide bonds. The second kappa shape index (κ2) is 9.17. The van der Waals surface area contributed by atoms with E-state index in [1.54, 1.807) is 26.4 Å². The van der Waals surface area contributed by atoms with E-state index in [0.717, 1.165) is 5.56 Å². The molecule has 1 aromatic carbocycles. The van der Waals surface area contributed by atoms with Gasteiger partial charge in [-0.25, -0.2) is 0 Å². The van der Waals surface area contributed by atoms with Crippen LogP contribution in [0.25, 0.3) is 0 Å². The molecule has 0 aromatic heterocycles. The zero-order chi connectivity index (χ0) is 15.7. The minimum Gasteiger partial charge on any atom is -0.496 e. The summed E-state index contributed by atoms with van der Waals surface area (Å²) in [5, 5.41) is 20.9. The number of aliphatic hydroxyl groups is 1. The fraction of sp³-hybridized carbons (Fsp3) is 0.500. The summed E-state index contributed by atoms with van der Waals surface area (Å²) in [4.78, 5) is 2.04. The first-order chi connectivity index (χ1) is 10.2. The smallest absolute Gasteiger partial charge is 0.170 e. The number of nitrogens with two attached hydrogens (primary N) is 1. The largest absolute Gasteiger partial charge is 0.496 e. The van der Waals surface area contributed by atoms with Gasteiger partial charge in [0.2, 0.25) is 0 Å². The first-order valence-corrected chi connectivity index (χ1v) is 6.63. The number of oxime groups is 1. The maximum absolute atomic E-state index is 9.14. The van der Waals surface area contributed by atoms with E-state index in [-0.39, 0.29) is 12.4 Å². The Morgan fingerprint density at radius 1 is 1.33 bits per heavy atom. The summed E-state index contributed by atoms with van der Waals surface area (Å²) >= 11 is 0. The van der Waals surface area contributed by atoms with E-state index < -0.39 is 0 Å². The Kier molecular flexibility index (Phi) is 7.52. The molecule has 1 aromatic rings. The average Bonchev–Trinajstić information content (AvgIpc) is 2.51. The normalized spacial score (nSPS) is 11.9. The number of benzene rings is 1. The predicted molar refractivity (Wildman–Crippen MR) is 79.7 cm³/mol. The van der Waals surface area contributed by atoms with Gasteiger partial charge in [0, 0.05) is 37.9 Å². The summed E-state index contributed by atoms with van der Waals surface area (Å²) in [7, 11) is 3.23. The van der Waals surface area contributed by atoms with Crippen molar-refractivity contribution in [3.05, 3.63) is 29.3 Å². The molecule has 0 radical (unpaired) electrons. The van der Waals surface area contributed by atoms with E-state index >= 15 is 0 Å². The number of ether oxygens (including phenoxy) is 2. The third-order valence-electron chi connectivity index (χ3n) is 3.11. The van der Waals surface area contributed by atoms with Crippen LogP contribution in [0.2, 0.25) is 0 Å². The SMILES string of the molecule is COCCN(CCO)Cc1cc(/C(N)=N/O)ccc1OC. The third-order valence-corrected chi connectivity index (χ3v) is 3.11. The van der Waals surface area contributed by atoms with Crippen LogP contribution in [-0.4, -0.2) is 61.6 Å². The Labute approximate surface area is 124 Å². The van der Waals surface area contributed by atoms with E-state index in [4.69, 9.17) is 25.5 Å². The highest BCUT2D eigenvalue weighted by molar-refractivity contribution is 5.97. The molecule has 21 heavy (non-hydrogen) atoms. The molecule has 1 rings (SSSR count). The van der Waals surface area contributed by atoms with Crippen LogP contribution in [0.3, 0.4) is 0 Å². The molecule has 0 aliphatic carbocycles. The Morgan fingerprint density at radius 2 is 2.10 bits per heavy atom. The molecule has 0 aliphatic rings. The van der Waals surface area contributed by atoms with Crippen LogP contribution >= 0.6 is 0 Å². The van der Waals surface area contributed by atoms with Gasteiger partial charge in [-0.1, -0.05) is 5.16 Å². The number of hydrogen-bond acceptors (Lipinski definition) is 6. The van der Waals surface area contributed by atoms with E-state index in [1.165, 1.54) is 0 Å². The van der Waals surface area contributed by atoms with Gasteiger partial charge in [0.15, 0.2) is 5.84 Å². The van der Waals surface area contributed by atoms with E-state index in [0.29, 0.717) is 37.6 Å². The molecule has 0 spiro atoms. The molecule has 0 saturated carbocycles. The lowest BCUT2D eigenvalue weighted by molar-refractivity contribution is 0.126. The molecule has 7 nitrogen and oxygen atoms in total. The van der Waals surface area contributed by atoms with Crippen LogP contribution < -0.4 is 10.5 Å². The van der Waals surface area contributed by atoms with Gasteiger partial charge in [0.25, 0.3) is 0 Å². The van der Waals surface area contributed by atoms with Crippen LogP contribution in [0.4, 0.5) is 0 Å². The van der Waals surface area contributed by atoms with Gasteiger partial charge in [0.1, 0.15) is 5.75 Å². The monoisotopic (exact) mass is 297 g/mol. The van der Waals surface area contributed by atoms with Gasteiger partial charge in [0.05, 0.1) is 20.3 Å². The number of amidine groups is 1. The Morgan fingerprint density at radius 3 is 2.67 bits per heavy atom. The minimum atomic E-state index is 0.0458. The number of aliphatic hydroxyl groups excluding tert-OH is 1. The first kappa shape index (κ1) is 17.2. The second-order valence-corrected chi connectivity index (χ2v) is 4.50. The minimum absolute atomic E-state index is 0.0458. The number of rotatable bonds is 9. The zero-order valence-corrected chi connectivity index (χ0v) is 12.5. The lowest BCUT2D eigenvalue weighted by atomic mass is 10.1. The maximum Gasteiger partial charge on any atom is 0.170 e. The van der Waals surface area contributed by atoms with Crippen molar-refractivity contribution in [1.82, 2.24) is 4.90 Å². The molecule has 0 unspecified atom stereocenters. The van der Waals surface area contributed by atoms with E-state index in [1.807, 2.05) is 11.0 Å². The first-order valence-electron chi connectivity index (χ1n) is 6.63. The Balaban J connectivity index is 2.96. The number of methoxy groups -OCH3 is 2. The lowest BCUT2D eigenvalue weighted by Crippen LogP contribution is -2.30. The van der Waals surface area contributed by atoms with Gasteiger partial charge in [-0.15, -0.1) is 0 Å². The maximum atomic E-state index is 9.14. The van der Waals surface area contributed by atoms with Crippen molar-refractivity contribution >= 4 is 5.84 Å². The molecule has 0 fully saturated rings. The zero-order valence-electron chi connectivity index (χ0n) is 12.5. The van der Waals surface area contributed by atoms with Gasteiger partial charge in [-0.05, 0) is 18.2 Å². The summed E-state index contributed by atoms with van der Waals surface area (Å²) in [6, 6.07) is 5.31. The summed E-state index contributed by atoms with van der Waals surface area (Å²) in [5.41, 5.74) is 7.12. The summed E-state index contributed by atoms with van der Waals surface area (Å²) < 4.78 is 10.4. The van der Waals surface area contributed by atoms with Crippen molar-refractivity contribution in [2.24, 2.45) is 10.9 Å². The molecule has 0 heterocycles. The Hall–Kier alpha value is -1.83. The number of nitrogens with zero attached hydrogens (tertiary/aromatic N) is 2. The van der Waals surface area contributed by atoms with Crippen molar-refractivity contribution in [2.45, 2.75) is 6.54 Å². The van der Waals surface area contributed by atoms with Crippen LogP contribution in [0, 0.1) is 0 Å².